The number of pyridine rings is 2. The molecule has 10 heteroatoms. The van der Waals surface area contributed by atoms with Gasteiger partial charge in [-0.05, 0) is 55.9 Å². The van der Waals surface area contributed by atoms with Gasteiger partial charge in [-0.15, -0.1) is 5.10 Å². The molecule has 3 aromatic rings. The molecule has 3 saturated carbocycles. The largest absolute Gasteiger partial charge is 0.457 e. The lowest BCUT2D eigenvalue weighted by molar-refractivity contribution is -0.210. The Morgan fingerprint density at radius 1 is 1.21 bits per heavy atom. The van der Waals surface area contributed by atoms with Gasteiger partial charge in [-0.25, -0.2) is 9.37 Å². The minimum absolute atomic E-state index is 0.0552. The smallest absolute Gasteiger partial charge is 0.312 e. The summed E-state index contributed by atoms with van der Waals surface area (Å²) in [5, 5.41) is 8.09. The summed E-state index contributed by atoms with van der Waals surface area (Å²) in [6.07, 6.45) is 3.58. The maximum atomic E-state index is 13.9. The number of carbonyl (C=O) groups excluding carboxylic acids is 2. The lowest BCUT2D eigenvalue weighted by atomic mass is 9.41. The van der Waals surface area contributed by atoms with Crippen molar-refractivity contribution in [3.8, 4) is 11.4 Å². The number of hydrogen-bond donors (Lipinski definition) is 0. The number of hydrogen-bond acceptors (Lipinski definition) is 7. The Morgan fingerprint density at radius 3 is 2.62 bits per heavy atom. The topological polar surface area (TPSA) is 99.9 Å². The molecule has 34 heavy (non-hydrogen) atoms. The third-order valence-electron chi connectivity index (χ3n) is 6.73. The summed E-state index contributed by atoms with van der Waals surface area (Å²) in [7, 11) is 1.64. The van der Waals surface area contributed by atoms with Crippen LogP contribution < -0.4 is 0 Å². The van der Waals surface area contributed by atoms with E-state index in [1.54, 1.807) is 32.2 Å². The van der Waals surface area contributed by atoms with E-state index in [1.165, 1.54) is 23.1 Å². The first kappa shape index (κ1) is 22.2. The molecule has 8 nitrogen and oxygen atoms in total. The number of Topliss-reactive ketones (excluding diaryl/α,β-unsaturated/α-hetero) is 1. The van der Waals surface area contributed by atoms with Gasteiger partial charge in [0.15, 0.2) is 5.78 Å². The predicted molar refractivity (Wildman–Crippen MR) is 116 cm³/mol. The third-order valence-corrected chi connectivity index (χ3v) is 6.73. The molecule has 0 saturated heterocycles. The van der Waals surface area contributed by atoms with Crippen molar-refractivity contribution in [1.82, 2.24) is 25.0 Å². The third kappa shape index (κ3) is 3.97. The summed E-state index contributed by atoms with van der Waals surface area (Å²) in [5.74, 6) is -1.33. The molecule has 0 N–H and O–H groups in total. The van der Waals surface area contributed by atoms with Crippen molar-refractivity contribution >= 4 is 11.8 Å². The van der Waals surface area contributed by atoms with Crippen LogP contribution in [0.15, 0.2) is 36.7 Å². The fourth-order valence-electron chi connectivity index (χ4n) is 5.10. The molecule has 176 valence electrons. The Hall–Kier alpha value is -3.56. The maximum Gasteiger partial charge on any atom is 0.312 e. The lowest BCUT2D eigenvalue weighted by Gasteiger charge is -2.65. The number of esters is 1. The molecular weight excluding hydrogens is 444 g/mol. The molecule has 6 rings (SSSR count). The number of halogens is 2. The van der Waals surface area contributed by atoms with Crippen molar-refractivity contribution < 1.29 is 23.1 Å². The van der Waals surface area contributed by atoms with Crippen molar-refractivity contribution in [2.24, 2.45) is 12.5 Å². The second-order valence-corrected chi connectivity index (χ2v) is 9.41. The number of nitrogens with zero attached hydrogens (tertiary/aromatic N) is 5. The monoisotopic (exact) mass is 467 g/mol. The molecule has 1 atom stereocenters. The highest BCUT2D eigenvalue weighted by Gasteiger charge is 2.69. The van der Waals surface area contributed by atoms with Crippen LogP contribution in [-0.2, 0) is 23.0 Å². The zero-order chi connectivity index (χ0) is 24.1. The molecule has 0 radical (unpaired) electrons. The molecule has 3 aliphatic carbocycles. The van der Waals surface area contributed by atoms with Crippen LogP contribution >= 0.6 is 0 Å². The Bertz CT molecular complexity index is 1250. The van der Waals surface area contributed by atoms with Crippen LogP contribution in [0.2, 0.25) is 0 Å². The van der Waals surface area contributed by atoms with Gasteiger partial charge in [0.25, 0.3) is 0 Å². The van der Waals surface area contributed by atoms with Gasteiger partial charge in [0, 0.05) is 37.0 Å². The number of rotatable bonds is 8. The van der Waals surface area contributed by atoms with Crippen molar-refractivity contribution in [1.29, 1.82) is 0 Å². The van der Waals surface area contributed by atoms with Gasteiger partial charge in [-0.1, -0.05) is 5.21 Å². The van der Waals surface area contributed by atoms with Crippen molar-refractivity contribution in [2.75, 3.05) is 0 Å². The number of ketones is 1. The number of ether oxygens (including phenoxy) is 1. The molecule has 0 amide bonds. The second kappa shape index (κ2) is 8.03. The zero-order valence-corrected chi connectivity index (χ0v) is 18.8. The van der Waals surface area contributed by atoms with Gasteiger partial charge >= 0.3 is 5.97 Å². The van der Waals surface area contributed by atoms with Crippen LogP contribution in [0.1, 0.15) is 60.3 Å². The Kier molecular flexibility index (Phi) is 5.26. The molecule has 0 unspecified atom stereocenters. The Balaban J connectivity index is 1.26. The SMILES string of the molecule is C[C@@H](OC(=O)Cc1c(-c2ccc(C(=O)CC34CC(F)(C3)C4)cn2)nnn1C)c1cccnc1F. The molecule has 0 spiro atoms. The van der Waals surface area contributed by atoms with E-state index in [1.807, 2.05) is 0 Å². The highest BCUT2D eigenvalue weighted by Crippen LogP contribution is 2.71. The number of alkyl halides is 1. The van der Waals surface area contributed by atoms with E-state index in [2.05, 4.69) is 20.3 Å². The quantitative estimate of drug-likeness (QED) is 0.283. The molecule has 0 aromatic carbocycles. The van der Waals surface area contributed by atoms with E-state index in [-0.39, 0.29) is 23.2 Å². The number of aromatic nitrogens is 5. The number of aryl methyl sites for hydroxylation is 1. The summed E-state index contributed by atoms with van der Waals surface area (Å²) in [5.41, 5.74) is 0.747. The molecule has 3 heterocycles. The Labute approximate surface area is 194 Å². The van der Waals surface area contributed by atoms with E-state index in [0.717, 1.165) is 0 Å². The predicted octanol–water partition coefficient (Wildman–Crippen LogP) is 3.72. The van der Waals surface area contributed by atoms with E-state index in [4.69, 9.17) is 4.74 Å². The van der Waals surface area contributed by atoms with Gasteiger partial charge in [0.05, 0.1) is 17.8 Å². The Morgan fingerprint density at radius 2 is 1.97 bits per heavy atom. The molecule has 3 aliphatic rings. The van der Waals surface area contributed by atoms with Gasteiger partial charge < -0.3 is 4.74 Å². The van der Waals surface area contributed by atoms with Gasteiger partial charge in [-0.2, -0.15) is 4.39 Å². The van der Waals surface area contributed by atoms with Crippen molar-refractivity contribution in [2.45, 2.75) is 50.8 Å². The summed E-state index contributed by atoms with van der Waals surface area (Å²) < 4.78 is 34.4. The van der Waals surface area contributed by atoms with Crippen molar-refractivity contribution in [3.63, 3.8) is 0 Å². The van der Waals surface area contributed by atoms with Crippen LogP contribution in [-0.4, -0.2) is 42.4 Å². The average Bonchev–Trinajstić information content (AvgIpc) is 3.12. The van der Waals surface area contributed by atoms with Crippen LogP contribution in [0, 0.1) is 11.4 Å². The first-order valence-electron chi connectivity index (χ1n) is 11.0. The van der Waals surface area contributed by atoms with Crippen LogP contribution in [0.25, 0.3) is 11.4 Å². The lowest BCUT2D eigenvalue weighted by Crippen LogP contribution is -2.64. The maximum absolute atomic E-state index is 13.9. The van der Waals surface area contributed by atoms with E-state index in [9.17, 15) is 18.4 Å². The summed E-state index contributed by atoms with van der Waals surface area (Å²) in [4.78, 5) is 33.1. The standard InChI is InChI=1S/C24H23F2N5O3/c1-14(16-4-3-7-27-22(16)25)34-20(33)8-18-21(29-30-31(18)2)17-6-5-15(10-28-17)19(32)9-23-11-24(26,12-23)13-23/h3-7,10,14H,8-9,11-13H2,1-2H3/t14-,23?,24?/m1/s1. The average molecular weight is 467 g/mol. The zero-order valence-electron chi connectivity index (χ0n) is 18.8. The van der Waals surface area contributed by atoms with Crippen LogP contribution in [0.5, 0.6) is 0 Å². The fraction of sp³-hybridized carbons (Fsp3) is 0.417. The molecule has 0 aliphatic heterocycles. The van der Waals surface area contributed by atoms with E-state index >= 15 is 0 Å². The molecular formula is C24H23F2N5O3. The fourth-order valence-corrected chi connectivity index (χ4v) is 5.10. The molecule has 3 fully saturated rings. The second-order valence-electron chi connectivity index (χ2n) is 9.41. The van der Waals surface area contributed by atoms with Gasteiger partial charge in [0.2, 0.25) is 5.95 Å². The first-order chi connectivity index (χ1) is 16.2. The van der Waals surface area contributed by atoms with E-state index in [0.29, 0.717) is 48.3 Å². The first-order valence-corrected chi connectivity index (χ1v) is 11.0. The molecule has 2 bridgehead atoms. The number of carbonyl (C=O) groups is 2. The minimum atomic E-state index is -1.03. The normalized spacial score (nSPS) is 23.5. The molecule has 3 aromatic heterocycles. The summed E-state index contributed by atoms with van der Waals surface area (Å²) in [6.45, 7) is 1.57. The van der Waals surface area contributed by atoms with Crippen LogP contribution in [0.3, 0.4) is 0 Å². The summed E-state index contributed by atoms with van der Waals surface area (Å²) in [6, 6.07) is 6.38. The highest BCUT2D eigenvalue weighted by molar-refractivity contribution is 5.96. The van der Waals surface area contributed by atoms with Gasteiger partial charge in [-0.3, -0.25) is 19.3 Å². The summed E-state index contributed by atoms with van der Waals surface area (Å²) >= 11 is 0. The van der Waals surface area contributed by atoms with Crippen LogP contribution in [0.4, 0.5) is 8.78 Å². The highest BCUT2D eigenvalue weighted by atomic mass is 19.1. The minimum Gasteiger partial charge on any atom is -0.457 e. The van der Waals surface area contributed by atoms with E-state index < -0.39 is 23.7 Å². The van der Waals surface area contributed by atoms with Crippen molar-refractivity contribution in [3.05, 3.63) is 59.4 Å². The van der Waals surface area contributed by atoms with Gasteiger partial charge in [0.1, 0.15) is 17.5 Å².